The Morgan fingerprint density at radius 2 is 1.78 bits per heavy atom. The van der Waals surface area contributed by atoms with Crippen molar-refractivity contribution in [3.05, 3.63) is 29.8 Å². The van der Waals surface area contributed by atoms with Crippen molar-refractivity contribution in [3.63, 3.8) is 0 Å². The number of hydrogen-bond donors (Lipinski definition) is 3. The van der Waals surface area contributed by atoms with Gasteiger partial charge >= 0.3 is 0 Å². The van der Waals surface area contributed by atoms with E-state index < -0.39 is 5.54 Å². The van der Waals surface area contributed by atoms with Crippen molar-refractivity contribution in [1.82, 2.24) is 10.2 Å². The molecule has 6 nitrogen and oxygen atoms in total. The van der Waals surface area contributed by atoms with Crippen LogP contribution in [0.3, 0.4) is 0 Å². The lowest BCUT2D eigenvalue weighted by atomic mass is 10.2. The molecule has 1 saturated carbocycles. The minimum Gasteiger partial charge on any atom is -0.351 e. The zero-order valence-electron chi connectivity index (χ0n) is 13.9. The van der Waals surface area contributed by atoms with Crippen molar-refractivity contribution < 1.29 is 9.59 Å². The second-order valence-corrected chi connectivity index (χ2v) is 5.97. The Kier molecular flexibility index (Phi) is 5.74. The average Bonchev–Trinajstić information content (AvgIpc) is 3.31. The smallest absolute Gasteiger partial charge is 0.251 e. The van der Waals surface area contributed by atoms with Crippen LogP contribution in [0.25, 0.3) is 0 Å². The fourth-order valence-corrected chi connectivity index (χ4v) is 2.29. The van der Waals surface area contributed by atoms with Gasteiger partial charge in [0.1, 0.15) is 0 Å². The minimum atomic E-state index is -0.694. The predicted octanol–water partition coefficient (Wildman–Crippen LogP) is 1.19. The molecule has 1 aliphatic carbocycles. The Morgan fingerprint density at radius 3 is 2.30 bits per heavy atom. The lowest BCUT2D eigenvalue weighted by molar-refractivity contribution is -0.118. The molecular weight excluding hydrogens is 292 g/mol. The third kappa shape index (κ3) is 4.77. The zero-order valence-corrected chi connectivity index (χ0v) is 13.9. The van der Waals surface area contributed by atoms with Gasteiger partial charge in [-0.25, -0.2) is 0 Å². The maximum atomic E-state index is 12.1. The number of carbonyl (C=O) groups is 2. The van der Waals surface area contributed by atoms with Gasteiger partial charge in [0.25, 0.3) is 5.91 Å². The minimum absolute atomic E-state index is 0.104. The van der Waals surface area contributed by atoms with E-state index >= 15 is 0 Å². The SMILES string of the molecule is CCN(CC)CCNC(=O)c1ccc(NC(=O)C2(N)CC2)cc1. The molecule has 0 unspecified atom stereocenters. The summed E-state index contributed by atoms with van der Waals surface area (Å²) in [6.07, 6.45) is 1.46. The van der Waals surface area contributed by atoms with Gasteiger partial charge in [-0.3, -0.25) is 9.59 Å². The number of likely N-dealkylation sites (N-methyl/N-ethyl adjacent to an activating group) is 1. The van der Waals surface area contributed by atoms with Gasteiger partial charge in [-0.15, -0.1) is 0 Å². The number of rotatable bonds is 8. The van der Waals surface area contributed by atoms with E-state index in [4.69, 9.17) is 5.73 Å². The molecule has 1 aliphatic rings. The summed E-state index contributed by atoms with van der Waals surface area (Å²) in [5.41, 5.74) is 6.38. The van der Waals surface area contributed by atoms with Crippen molar-refractivity contribution in [2.75, 3.05) is 31.5 Å². The third-order valence-corrected chi connectivity index (χ3v) is 4.25. The largest absolute Gasteiger partial charge is 0.351 e. The molecule has 1 fully saturated rings. The predicted molar refractivity (Wildman–Crippen MR) is 91.3 cm³/mol. The Balaban J connectivity index is 1.81. The molecule has 6 heteroatoms. The van der Waals surface area contributed by atoms with Crippen LogP contribution in [0.1, 0.15) is 37.0 Å². The zero-order chi connectivity index (χ0) is 16.9. The van der Waals surface area contributed by atoms with Crippen LogP contribution < -0.4 is 16.4 Å². The molecule has 126 valence electrons. The van der Waals surface area contributed by atoms with Crippen molar-refractivity contribution in [2.45, 2.75) is 32.2 Å². The Labute approximate surface area is 137 Å². The summed E-state index contributed by atoms with van der Waals surface area (Å²) in [5, 5.41) is 5.69. The van der Waals surface area contributed by atoms with E-state index in [0.29, 0.717) is 17.8 Å². The molecule has 0 aromatic heterocycles. The van der Waals surface area contributed by atoms with E-state index in [1.807, 2.05) is 0 Å². The van der Waals surface area contributed by atoms with E-state index in [1.165, 1.54) is 0 Å². The fraction of sp³-hybridized carbons (Fsp3) is 0.529. The monoisotopic (exact) mass is 318 g/mol. The highest BCUT2D eigenvalue weighted by Gasteiger charge is 2.45. The fourth-order valence-electron chi connectivity index (χ4n) is 2.29. The van der Waals surface area contributed by atoms with Gasteiger partial charge in [0.2, 0.25) is 5.91 Å². The second kappa shape index (κ2) is 7.57. The molecule has 1 aromatic carbocycles. The highest BCUT2D eigenvalue weighted by molar-refractivity contribution is 6.00. The molecule has 0 bridgehead atoms. The molecule has 0 heterocycles. The van der Waals surface area contributed by atoms with E-state index in [2.05, 4.69) is 29.4 Å². The number of anilines is 1. The van der Waals surface area contributed by atoms with Gasteiger partial charge in [-0.2, -0.15) is 0 Å². The second-order valence-electron chi connectivity index (χ2n) is 5.97. The Hall–Kier alpha value is -1.92. The molecule has 23 heavy (non-hydrogen) atoms. The Morgan fingerprint density at radius 1 is 1.17 bits per heavy atom. The summed E-state index contributed by atoms with van der Waals surface area (Å²) >= 11 is 0. The van der Waals surface area contributed by atoms with Gasteiger partial charge in [0.05, 0.1) is 5.54 Å². The standard InChI is InChI=1S/C17H26N4O2/c1-3-21(4-2)12-11-19-15(22)13-5-7-14(8-6-13)20-16(23)17(18)9-10-17/h5-8H,3-4,9-12,18H2,1-2H3,(H,19,22)(H,20,23). The lowest BCUT2D eigenvalue weighted by Gasteiger charge is -2.18. The molecule has 0 radical (unpaired) electrons. The van der Waals surface area contributed by atoms with Crippen LogP contribution >= 0.6 is 0 Å². The van der Waals surface area contributed by atoms with Crippen LogP contribution in [0.2, 0.25) is 0 Å². The number of carbonyl (C=O) groups excluding carboxylic acids is 2. The molecule has 0 atom stereocenters. The summed E-state index contributed by atoms with van der Waals surface area (Å²) in [4.78, 5) is 26.2. The number of amides is 2. The van der Waals surface area contributed by atoms with Gasteiger partial charge in [-0.05, 0) is 50.2 Å². The van der Waals surface area contributed by atoms with Crippen molar-refractivity contribution >= 4 is 17.5 Å². The highest BCUT2D eigenvalue weighted by atomic mass is 16.2. The van der Waals surface area contributed by atoms with E-state index in [1.54, 1.807) is 24.3 Å². The first kappa shape index (κ1) is 17.4. The first-order valence-corrected chi connectivity index (χ1v) is 8.19. The molecule has 2 amide bonds. The van der Waals surface area contributed by atoms with Crippen LogP contribution in [0.4, 0.5) is 5.69 Å². The quantitative estimate of drug-likeness (QED) is 0.672. The first-order valence-electron chi connectivity index (χ1n) is 8.19. The highest BCUT2D eigenvalue weighted by Crippen LogP contribution is 2.33. The van der Waals surface area contributed by atoms with Crippen molar-refractivity contribution in [1.29, 1.82) is 0 Å². The summed E-state index contributed by atoms with van der Waals surface area (Å²) in [6, 6.07) is 6.86. The number of nitrogens with zero attached hydrogens (tertiary/aromatic N) is 1. The van der Waals surface area contributed by atoms with Crippen LogP contribution in [-0.4, -0.2) is 48.4 Å². The van der Waals surface area contributed by atoms with E-state index in [0.717, 1.165) is 32.5 Å². The van der Waals surface area contributed by atoms with Gasteiger partial charge in [0.15, 0.2) is 0 Å². The molecule has 1 aromatic rings. The summed E-state index contributed by atoms with van der Waals surface area (Å²) < 4.78 is 0. The molecular formula is C17H26N4O2. The number of nitrogens with one attached hydrogen (secondary N) is 2. The van der Waals surface area contributed by atoms with Gasteiger partial charge < -0.3 is 21.3 Å². The molecule has 4 N–H and O–H groups in total. The summed E-state index contributed by atoms with van der Waals surface area (Å²) in [7, 11) is 0. The van der Waals surface area contributed by atoms with E-state index in [9.17, 15) is 9.59 Å². The normalized spacial score (nSPS) is 15.3. The van der Waals surface area contributed by atoms with Crippen LogP contribution in [-0.2, 0) is 4.79 Å². The van der Waals surface area contributed by atoms with Crippen molar-refractivity contribution in [2.24, 2.45) is 5.73 Å². The number of nitrogens with two attached hydrogens (primary N) is 1. The third-order valence-electron chi connectivity index (χ3n) is 4.25. The average molecular weight is 318 g/mol. The maximum absolute atomic E-state index is 12.1. The number of hydrogen-bond acceptors (Lipinski definition) is 4. The molecule has 0 aliphatic heterocycles. The number of benzene rings is 1. The van der Waals surface area contributed by atoms with Gasteiger partial charge in [-0.1, -0.05) is 13.8 Å². The van der Waals surface area contributed by atoms with Crippen LogP contribution in [0.5, 0.6) is 0 Å². The Bertz CT molecular complexity index is 548. The summed E-state index contributed by atoms with van der Waals surface area (Å²) in [5.74, 6) is -0.263. The lowest BCUT2D eigenvalue weighted by Crippen LogP contribution is -2.37. The topological polar surface area (TPSA) is 87.5 Å². The first-order chi connectivity index (χ1) is 11.0. The van der Waals surface area contributed by atoms with Crippen LogP contribution in [0, 0.1) is 0 Å². The molecule has 2 rings (SSSR count). The molecule has 0 spiro atoms. The van der Waals surface area contributed by atoms with Crippen LogP contribution in [0.15, 0.2) is 24.3 Å². The summed E-state index contributed by atoms with van der Waals surface area (Å²) in [6.45, 7) is 7.61. The van der Waals surface area contributed by atoms with Crippen molar-refractivity contribution in [3.8, 4) is 0 Å². The van der Waals surface area contributed by atoms with E-state index in [-0.39, 0.29) is 11.8 Å². The maximum Gasteiger partial charge on any atom is 0.251 e. The molecule has 0 saturated heterocycles. The van der Waals surface area contributed by atoms with Gasteiger partial charge in [0, 0.05) is 24.3 Å².